The first-order valence-electron chi connectivity index (χ1n) is 7.31. The number of amides is 1. The molecular formula is C14H26N2OS. The van der Waals surface area contributed by atoms with E-state index in [1.807, 2.05) is 11.8 Å². The van der Waals surface area contributed by atoms with Crippen LogP contribution in [0.5, 0.6) is 0 Å². The molecule has 2 saturated heterocycles. The van der Waals surface area contributed by atoms with Gasteiger partial charge in [-0.25, -0.2) is 0 Å². The summed E-state index contributed by atoms with van der Waals surface area (Å²) in [6.07, 6.45) is 6.63. The van der Waals surface area contributed by atoms with Crippen LogP contribution in [0.1, 0.15) is 45.4 Å². The van der Waals surface area contributed by atoms with E-state index in [2.05, 4.69) is 11.8 Å². The van der Waals surface area contributed by atoms with E-state index in [4.69, 9.17) is 5.73 Å². The summed E-state index contributed by atoms with van der Waals surface area (Å²) in [5.41, 5.74) is 5.83. The standard InChI is InChI=1S/C14H26N2OS/c1-11-3-2-4-13(10-15)16(11)14(17)9-12-5-7-18-8-6-12/h11-13H,2-10,15H2,1H3. The lowest BCUT2D eigenvalue weighted by atomic mass is 9.93. The number of nitrogens with zero attached hydrogens (tertiary/aromatic N) is 1. The molecule has 2 aliphatic rings. The van der Waals surface area contributed by atoms with Gasteiger partial charge in [0, 0.05) is 25.0 Å². The van der Waals surface area contributed by atoms with Crippen LogP contribution in [-0.4, -0.2) is 40.9 Å². The monoisotopic (exact) mass is 270 g/mol. The van der Waals surface area contributed by atoms with Crippen LogP contribution in [0.25, 0.3) is 0 Å². The normalized spacial score (nSPS) is 30.4. The molecule has 0 aliphatic carbocycles. The van der Waals surface area contributed by atoms with E-state index in [0.717, 1.165) is 19.3 Å². The van der Waals surface area contributed by atoms with Gasteiger partial charge in [-0.05, 0) is 56.5 Å². The average molecular weight is 270 g/mol. The lowest BCUT2D eigenvalue weighted by molar-refractivity contribution is -0.138. The minimum atomic E-state index is 0.291. The molecule has 2 fully saturated rings. The Morgan fingerprint density at radius 1 is 1.28 bits per heavy atom. The highest BCUT2D eigenvalue weighted by molar-refractivity contribution is 7.99. The van der Waals surface area contributed by atoms with Gasteiger partial charge in [-0.1, -0.05) is 0 Å². The molecule has 0 saturated carbocycles. The number of nitrogens with two attached hydrogens (primary N) is 1. The molecule has 2 atom stereocenters. The third kappa shape index (κ3) is 3.41. The Balaban J connectivity index is 1.92. The molecule has 2 N–H and O–H groups in total. The number of carbonyl (C=O) groups is 1. The maximum Gasteiger partial charge on any atom is 0.223 e. The second kappa shape index (κ2) is 6.80. The Kier molecular flexibility index (Phi) is 5.37. The van der Waals surface area contributed by atoms with Crippen LogP contribution in [0.3, 0.4) is 0 Å². The number of likely N-dealkylation sites (tertiary alicyclic amines) is 1. The number of rotatable bonds is 3. The zero-order valence-electron chi connectivity index (χ0n) is 11.4. The largest absolute Gasteiger partial charge is 0.336 e. The molecule has 0 aromatic rings. The highest BCUT2D eigenvalue weighted by atomic mass is 32.2. The molecule has 1 amide bonds. The minimum absolute atomic E-state index is 0.291. The van der Waals surface area contributed by atoms with Gasteiger partial charge in [0.2, 0.25) is 5.91 Å². The molecule has 2 aliphatic heterocycles. The van der Waals surface area contributed by atoms with E-state index in [9.17, 15) is 4.79 Å². The van der Waals surface area contributed by atoms with Gasteiger partial charge in [-0.2, -0.15) is 11.8 Å². The van der Waals surface area contributed by atoms with Crippen molar-refractivity contribution < 1.29 is 4.79 Å². The van der Waals surface area contributed by atoms with Gasteiger partial charge in [-0.15, -0.1) is 0 Å². The number of hydrogen-bond acceptors (Lipinski definition) is 3. The molecule has 2 rings (SSSR count). The van der Waals surface area contributed by atoms with Gasteiger partial charge in [0.05, 0.1) is 0 Å². The molecule has 3 nitrogen and oxygen atoms in total. The van der Waals surface area contributed by atoms with Crippen molar-refractivity contribution in [2.45, 2.75) is 57.5 Å². The molecule has 4 heteroatoms. The lowest BCUT2D eigenvalue weighted by Crippen LogP contribution is -2.52. The highest BCUT2D eigenvalue weighted by Gasteiger charge is 2.32. The van der Waals surface area contributed by atoms with E-state index < -0.39 is 0 Å². The number of hydrogen-bond donors (Lipinski definition) is 1. The maximum absolute atomic E-state index is 12.5. The first-order valence-corrected chi connectivity index (χ1v) is 8.46. The smallest absolute Gasteiger partial charge is 0.223 e. The molecule has 0 spiro atoms. The Bertz CT molecular complexity index is 279. The molecule has 0 aromatic heterocycles. The van der Waals surface area contributed by atoms with Crippen molar-refractivity contribution in [1.82, 2.24) is 4.90 Å². The predicted octanol–water partition coefficient (Wildman–Crippen LogP) is 2.25. The molecule has 2 unspecified atom stereocenters. The van der Waals surface area contributed by atoms with Crippen LogP contribution in [0.4, 0.5) is 0 Å². The van der Waals surface area contributed by atoms with E-state index in [1.165, 1.54) is 30.8 Å². The van der Waals surface area contributed by atoms with Crippen LogP contribution in [0.15, 0.2) is 0 Å². The Morgan fingerprint density at radius 2 is 2.00 bits per heavy atom. The van der Waals surface area contributed by atoms with Crippen molar-refractivity contribution in [2.75, 3.05) is 18.1 Å². The van der Waals surface area contributed by atoms with Gasteiger partial charge >= 0.3 is 0 Å². The Hall–Kier alpha value is -0.220. The van der Waals surface area contributed by atoms with Crippen LogP contribution in [0, 0.1) is 5.92 Å². The van der Waals surface area contributed by atoms with E-state index in [0.29, 0.717) is 30.5 Å². The summed E-state index contributed by atoms with van der Waals surface area (Å²) in [5.74, 6) is 3.43. The predicted molar refractivity (Wildman–Crippen MR) is 77.7 cm³/mol. The van der Waals surface area contributed by atoms with Crippen molar-refractivity contribution in [1.29, 1.82) is 0 Å². The fourth-order valence-electron chi connectivity index (χ4n) is 3.27. The zero-order chi connectivity index (χ0) is 13.0. The number of thioether (sulfide) groups is 1. The summed E-state index contributed by atoms with van der Waals surface area (Å²) in [4.78, 5) is 14.6. The van der Waals surface area contributed by atoms with Gasteiger partial charge in [0.1, 0.15) is 0 Å². The average Bonchev–Trinajstić information content (AvgIpc) is 2.39. The maximum atomic E-state index is 12.5. The van der Waals surface area contributed by atoms with Crippen molar-refractivity contribution in [3.05, 3.63) is 0 Å². The third-order valence-corrected chi connectivity index (χ3v) is 5.44. The van der Waals surface area contributed by atoms with Gasteiger partial charge in [-0.3, -0.25) is 4.79 Å². The summed E-state index contributed by atoms with van der Waals surface area (Å²) >= 11 is 2.02. The van der Waals surface area contributed by atoms with E-state index in [1.54, 1.807) is 0 Å². The minimum Gasteiger partial charge on any atom is -0.336 e. The van der Waals surface area contributed by atoms with Gasteiger partial charge in [0.25, 0.3) is 0 Å². The molecule has 0 radical (unpaired) electrons. The molecule has 104 valence electrons. The Morgan fingerprint density at radius 3 is 2.67 bits per heavy atom. The van der Waals surface area contributed by atoms with Crippen molar-refractivity contribution in [2.24, 2.45) is 11.7 Å². The molecule has 18 heavy (non-hydrogen) atoms. The second-order valence-electron chi connectivity index (χ2n) is 5.73. The SMILES string of the molecule is CC1CCCC(CN)N1C(=O)CC1CCSCC1. The first-order chi connectivity index (χ1) is 8.72. The summed E-state index contributed by atoms with van der Waals surface area (Å²) in [7, 11) is 0. The Labute approximate surface area is 115 Å². The van der Waals surface area contributed by atoms with Crippen molar-refractivity contribution in [3.8, 4) is 0 Å². The molecule has 2 heterocycles. The van der Waals surface area contributed by atoms with E-state index in [-0.39, 0.29) is 0 Å². The number of piperidine rings is 1. The quantitative estimate of drug-likeness (QED) is 0.855. The van der Waals surface area contributed by atoms with Crippen molar-refractivity contribution in [3.63, 3.8) is 0 Å². The van der Waals surface area contributed by atoms with Crippen LogP contribution >= 0.6 is 11.8 Å². The van der Waals surface area contributed by atoms with Crippen LogP contribution < -0.4 is 5.73 Å². The van der Waals surface area contributed by atoms with Gasteiger partial charge < -0.3 is 10.6 Å². The third-order valence-electron chi connectivity index (χ3n) is 4.39. The number of carbonyl (C=O) groups excluding carboxylic acids is 1. The first kappa shape index (κ1) is 14.2. The second-order valence-corrected chi connectivity index (χ2v) is 6.96. The molecule has 0 aromatic carbocycles. The highest BCUT2D eigenvalue weighted by Crippen LogP contribution is 2.29. The fraction of sp³-hybridized carbons (Fsp3) is 0.929. The lowest BCUT2D eigenvalue weighted by Gasteiger charge is -2.41. The van der Waals surface area contributed by atoms with Crippen LogP contribution in [-0.2, 0) is 4.79 Å². The van der Waals surface area contributed by atoms with E-state index >= 15 is 0 Å². The van der Waals surface area contributed by atoms with Crippen molar-refractivity contribution >= 4 is 17.7 Å². The molecule has 0 bridgehead atoms. The molecular weight excluding hydrogens is 244 g/mol. The van der Waals surface area contributed by atoms with Crippen LogP contribution in [0.2, 0.25) is 0 Å². The fourth-order valence-corrected chi connectivity index (χ4v) is 4.47. The summed E-state index contributed by atoms with van der Waals surface area (Å²) in [5, 5.41) is 0. The van der Waals surface area contributed by atoms with Gasteiger partial charge in [0.15, 0.2) is 0 Å². The topological polar surface area (TPSA) is 46.3 Å². The summed E-state index contributed by atoms with van der Waals surface area (Å²) < 4.78 is 0. The summed E-state index contributed by atoms with van der Waals surface area (Å²) in [6.45, 7) is 2.80. The summed E-state index contributed by atoms with van der Waals surface area (Å²) in [6, 6.07) is 0.678. The zero-order valence-corrected chi connectivity index (χ0v) is 12.3.